The van der Waals surface area contributed by atoms with Crippen LogP contribution in [0.25, 0.3) is 0 Å². The molecule has 3 N–H and O–H groups in total. The van der Waals surface area contributed by atoms with Crippen molar-refractivity contribution < 1.29 is 23.1 Å². The molecule has 1 heterocycles. The van der Waals surface area contributed by atoms with Crippen molar-refractivity contribution in [2.24, 2.45) is 0 Å². The molecule has 0 aliphatic carbocycles. The number of sulfonamides is 1. The van der Waals surface area contributed by atoms with Crippen molar-refractivity contribution in [3.8, 4) is 0 Å². The van der Waals surface area contributed by atoms with Gasteiger partial charge in [0.2, 0.25) is 0 Å². The van der Waals surface area contributed by atoms with Gasteiger partial charge < -0.3 is 10.4 Å². The molecule has 2 amide bonds. The van der Waals surface area contributed by atoms with E-state index in [9.17, 15) is 18.0 Å². The van der Waals surface area contributed by atoms with E-state index in [1.807, 2.05) is 0 Å². The number of hydrogen-bond donors (Lipinski definition) is 3. The molecule has 7 nitrogen and oxygen atoms in total. The summed E-state index contributed by atoms with van der Waals surface area (Å²) in [5, 5.41) is 11.0. The lowest BCUT2D eigenvalue weighted by atomic mass is 10.2. The minimum Gasteiger partial charge on any atom is -0.478 e. The highest BCUT2D eigenvalue weighted by Crippen LogP contribution is 2.25. The van der Waals surface area contributed by atoms with E-state index in [0.717, 1.165) is 6.07 Å². The Kier molecular flexibility index (Phi) is 2.09. The molecule has 16 heavy (non-hydrogen) atoms. The first-order valence-corrected chi connectivity index (χ1v) is 5.59. The molecule has 1 aromatic rings. The van der Waals surface area contributed by atoms with Crippen LogP contribution in [0.2, 0.25) is 0 Å². The molecule has 0 atom stereocenters. The Morgan fingerprint density at radius 2 is 2.00 bits per heavy atom. The zero-order valence-corrected chi connectivity index (χ0v) is 8.54. The highest BCUT2D eigenvalue weighted by Gasteiger charge is 2.28. The van der Waals surface area contributed by atoms with Gasteiger partial charge in [-0.05, 0) is 18.2 Å². The smallest absolute Gasteiger partial charge is 0.335 e. The molecular weight excluding hydrogens is 236 g/mol. The van der Waals surface area contributed by atoms with Gasteiger partial charge in [0.25, 0.3) is 10.0 Å². The molecule has 1 aliphatic rings. The number of anilines is 1. The predicted octanol–water partition coefficient (Wildman–Crippen LogP) is 0.209. The second-order valence-corrected chi connectivity index (χ2v) is 4.73. The van der Waals surface area contributed by atoms with Crippen molar-refractivity contribution in [1.82, 2.24) is 4.72 Å². The van der Waals surface area contributed by atoms with Crippen LogP contribution in [0.15, 0.2) is 23.1 Å². The number of fused-ring (bicyclic) bond motifs is 1. The lowest BCUT2D eigenvalue weighted by molar-refractivity contribution is 0.0696. The van der Waals surface area contributed by atoms with Crippen LogP contribution >= 0.6 is 0 Å². The molecule has 0 unspecified atom stereocenters. The van der Waals surface area contributed by atoms with Crippen molar-refractivity contribution in [2.45, 2.75) is 4.90 Å². The van der Waals surface area contributed by atoms with Crippen molar-refractivity contribution in [3.63, 3.8) is 0 Å². The van der Waals surface area contributed by atoms with E-state index in [1.54, 1.807) is 4.72 Å². The largest absolute Gasteiger partial charge is 0.478 e. The topological polar surface area (TPSA) is 113 Å². The number of urea groups is 1. The maximum atomic E-state index is 11.5. The van der Waals surface area contributed by atoms with Crippen LogP contribution in [0.4, 0.5) is 10.5 Å². The van der Waals surface area contributed by atoms with Crippen molar-refractivity contribution >= 4 is 27.7 Å². The Balaban J connectivity index is 2.66. The zero-order valence-electron chi connectivity index (χ0n) is 7.72. The van der Waals surface area contributed by atoms with Gasteiger partial charge in [-0.2, -0.15) is 0 Å². The summed E-state index contributed by atoms with van der Waals surface area (Å²) in [6.45, 7) is 0. The first kappa shape index (κ1) is 10.4. The van der Waals surface area contributed by atoms with Gasteiger partial charge >= 0.3 is 12.0 Å². The van der Waals surface area contributed by atoms with E-state index in [4.69, 9.17) is 5.11 Å². The van der Waals surface area contributed by atoms with E-state index in [1.165, 1.54) is 12.1 Å². The van der Waals surface area contributed by atoms with Crippen molar-refractivity contribution in [1.29, 1.82) is 0 Å². The molecule has 0 fully saturated rings. The standard InChI is InChI=1S/C8H6N2O5S/c11-7(12)4-1-2-5-6(3-4)16(14,15)10-8(13)9-5/h1-3H,(H,11,12)(H2,9,10,13). The lowest BCUT2D eigenvalue weighted by Crippen LogP contribution is -2.39. The van der Waals surface area contributed by atoms with E-state index >= 15 is 0 Å². The molecule has 0 bridgehead atoms. The summed E-state index contributed by atoms with van der Waals surface area (Å²) >= 11 is 0. The van der Waals surface area contributed by atoms with Gasteiger partial charge in [-0.25, -0.2) is 22.7 Å². The molecule has 0 saturated carbocycles. The maximum Gasteiger partial charge on any atom is 0.335 e. The number of rotatable bonds is 1. The molecule has 1 aliphatic heterocycles. The van der Waals surface area contributed by atoms with E-state index in [0.29, 0.717) is 0 Å². The van der Waals surface area contributed by atoms with Gasteiger partial charge in [0.05, 0.1) is 11.3 Å². The summed E-state index contributed by atoms with van der Waals surface area (Å²) in [4.78, 5) is 21.3. The monoisotopic (exact) mass is 242 g/mol. The van der Waals surface area contributed by atoms with Crippen LogP contribution in [0.5, 0.6) is 0 Å². The fourth-order valence-electron chi connectivity index (χ4n) is 1.31. The van der Waals surface area contributed by atoms with Gasteiger partial charge in [0.15, 0.2) is 0 Å². The van der Waals surface area contributed by atoms with Crippen LogP contribution in [0.1, 0.15) is 10.4 Å². The molecule has 1 aromatic carbocycles. The molecule has 84 valence electrons. The fourth-order valence-corrected chi connectivity index (χ4v) is 2.40. The molecule has 0 aromatic heterocycles. The second kappa shape index (κ2) is 3.20. The third-order valence-electron chi connectivity index (χ3n) is 1.99. The summed E-state index contributed by atoms with van der Waals surface area (Å²) in [5.74, 6) is -1.24. The van der Waals surface area contributed by atoms with Gasteiger partial charge in [-0.15, -0.1) is 0 Å². The fraction of sp³-hybridized carbons (Fsp3) is 0. The molecular formula is C8H6N2O5S. The number of carbonyl (C=O) groups is 2. The van der Waals surface area contributed by atoms with Crippen LogP contribution < -0.4 is 10.0 Å². The Morgan fingerprint density at radius 1 is 1.31 bits per heavy atom. The lowest BCUT2D eigenvalue weighted by Gasteiger charge is -2.18. The summed E-state index contributed by atoms with van der Waals surface area (Å²) in [5.41, 5.74) is -0.103. The highest BCUT2D eigenvalue weighted by molar-refractivity contribution is 7.90. The molecule has 2 rings (SSSR count). The number of benzene rings is 1. The number of nitrogens with one attached hydrogen (secondary N) is 2. The van der Waals surface area contributed by atoms with Gasteiger partial charge in [0.1, 0.15) is 4.90 Å². The van der Waals surface area contributed by atoms with Crippen molar-refractivity contribution in [3.05, 3.63) is 23.8 Å². The van der Waals surface area contributed by atoms with Crippen molar-refractivity contribution in [2.75, 3.05) is 5.32 Å². The molecule has 0 spiro atoms. The van der Waals surface area contributed by atoms with E-state index in [2.05, 4.69) is 5.32 Å². The average Bonchev–Trinajstić information content (AvgIpc) is 2.15. The van der Waals surface area contributed by atoms with Crippen LogP contribution in [-0.2, 0) is 10.0 Å². The first-order valence-electron chi connectivity index (χ1n) is 4.11. The number of amides is 2. The Labute approximate surface area is 90.1 Å². The number of carboxylic acids is 1. The minimum absolute atomic E-state index is 0.0637. The van der Waals surface area contributed by atoms with E-state index in [-0.39, 0.29) is 16.1 Å². The van der Waals surface area contributed by atoms with Crippen LogP contribution in [0.3, 0.4) is 0 Å². The predicted molar refractivity (Wildman–Crippen MR) is 52.7 cm³/mol. The molecule has 0 saturated heterocycles. The third kappa shape index (κ3) is 1.58. The number of carboxylic acid groups (broad SMARTS) is 1. The van der Waals surface area contributed by atoms with Crippen LogP contribution in [0, 0.1) is 0 Å². The number of aromatic carboxylic acids is 1. The zero-order chi connectivity index (χ0) is 11.9. The summed E-state index contributed by atoms with van der Waals surface area (Å²) in [6, 6.07) is 2.56. The Morgan fingerprint density at radius 3 is 2.62 bits per heavy atom. The van der Waals surface area contributed by atoms with E-state index < -0.39 is 22.0 Å². The maximum absolute atomic E-state index is 11.5. The van der Waals surface area contributed by atoms with Gasteiger partial charge in [-0.1, -0.05) is 0 Å². The average molecular weight is 242 g/mol. The highest BCUT2D eigenvalue weighted by atomic mass is 32.2. The molecule has 0 radical (unpaired) electrons. The van der Waals surface area contributed by atoms with Crippen LogP contribution in [-0.4, -0.2) is 25.5 Å². The third-order valence-corrected chi connectivity index (χ3v) is 3.36. The summed E-state index contributed by atoms with van der Waals surface area (Å²) < 4.78 is 24.7. The second-order valence-electron chi connectivity index (χ2n) is 3.08. The first-order chi connectivity index (χ1) is 7.40. The van der Waals surface area contributed by atoms with Gasteiger partial charge in [0, 0.05) is 0 Å². The number of hydrogen-bond acceptors (Lipinski definition) is 4. The summed E-state index contributed by atoms with van der Waals surface area (Å²) in [7, 11) is -3.97. The Hall–Kier alpha value is -2.09. The normalized spacial score (nSPS) is 16.9. The van der Waals surface area contributed by atoms with Gasteiger partial charge in [-0.3, -0.25) is 0 Å². The SMILES string of the molecule is O=C1Nc2ccc(C(=O)O)cc2S(=O)(=O)N1. The summed E-state index contributed by atoms with van der Waals surface area (Å²) in [6.07, 6.45) is 0. The quantitative estimate of drug-likeness (QED) is 0.651. The molecule has 8 heteroatoms. The number of carbonyl (C=O) groups excluding carboxylic acids is 1. The Bertz CT molecular complexity index is 592. The minimum atomic E-state index is -3.97.